The number of amides is 1. The number of alkyl halides is 2. The molecule has 2 fully saturated rings. The quantitative estimate of drug-likeness (QED) is 0.551. The van der Waals surface area contributed by atoms with Gasteiger partial charge < -0.3 is 10.4 Å². The maximum absolute atomic E-state index is 13.7. The van der Waals surface area contributed by atoms with Gasteiger partial charge in [0, 0.05) is 24.0 Å². The molecule has 0 aromatic carbocycles. The number of fused-ring (bicyclic) bond motifs is 1. The minimum Gasteiger partial charge on any atom is -0.393 e. The second-order valence-corrected chi connectivity index (χ2v) is 9.76. The molecule has 2 aliphatic rings. The molecule has 10 heteroatoms. The first-order valence-corrected chi connectivity index (χ1v) is 12.1. The van der Waals surface area contributed by atoms with Crippen molar-refractivity contribution in [3.8, 4) is 0 Å². The first-order chi connectivity index (χ1) is 16.4. The highest BCUT2D eigenvalue weighted by Gasteiger charge is 2.27. The number of nitrogens with one attached hydrogen (secondary N) is 1. The number of aliphatic hydroxyl groups excluding tert-OH is 1. The predicted molar refractivity (Wildman–Crippen MR) is 122 cm³/mol. The first-order valence-electron chi connectivity index (χ1n) is 12.1. The number of rotatable bonds is 5. The van der Waals surface area contributed by atoms with Crippen molar-refractivity contribution in [3.63, 3.8) is 0 Å². The fourth-order valence-electron chi connectivity index (χ4n) is 5.19. The van der Waals surface area contributed by atoms with Crippen LogP contribution in [0.15, 0.2) is 24.7 Å². The highest BCUT2D eigenvalue weighted by atomic mass is 19.3. The number of carbonyl (C=O) groups is 1. The van der Waals surface area contributed by atoms with Crippen LogP contribution >= 0.6 is 0 Å². The van der Waals surface area contributed by atoms with Gasteiger partial charge in [0.25, 0.3) is 12.3 Å². The molecule has 3 heterocycles. The van der Waals surface area contributed by atoms with Crippen LogP contribution < -0.4 is 5.32 Å². The maximum atomic E-state index is 13.7. The van der Waals surface area contributed by atoms with Gasteiger partial charge in [-0.25, -0.2) is 18.3 Å². The van der Waals surface area contributed by atoms with Crippen LogP contribution in [0.3, 0.4) is 0 Å². The number of carbonyl (C=O) groups excluding carboxylic acids is 1. The van der Waals surface area contributed by atoms with Crippen molar-refractivity contribution in [2.75, 3.05) is 5.32 Å². The van der Waals surface area contributed by atoms with E-state index in [1.54, 1.807) is 10.9 Å². The summed E-state index contributed by atoms with van der Waals surface area (Å²) in [6, 6.07) is 1.95. The molecule has 2 saturated carbocycles. The summed E-state index contributed by atoms with van der Waals surface area (Å²) in [6.45, 7) is 2.20. The van der Waals surface area contributed by atoms with E-state index < -0.39 is 18.0 Å². The first kappa shape index (κ1) is 22.9. The lowest BCUT2D eigenvalue weighted by Crippen LogP contribution is -2.18. The van der Waals surface area contributed by atoms with Crippen molar-refractivity contribution in [1.29, 1.82) is 0 Å². The number of hydrogen-bond donors (Lipinski definition) is 2. The Hall–Kier alpha value is -2.88. The summed E-state index contributed by atoms with van der Waals surface area (Å²) < 4.78 is 30.6. The lowest BCUT2D eigenvalue weighted by Gasteiger charge is -2.26. The minimum absolute atomic E-state index is 0.0235. The number of anilines is 1. The van der Waals surface area contributed by atoms with Gasteiger partial charge in [0.1, 0.15) is 5.56 Å². The van der Waals surface area contributed by atoms with Crippen molar-refractivity contribution in [1.82, 2.24) is 24.4 Å². The zero-order valence-electron chi connectivity index (χ0n) is 19.2. The zero-order valence-corrected chi connectivity index (χ0v) is 19.2. The molecule has 0 atom stereocenters. The topological polar surface area (TPSA) is 97.3 Å². The fourth-order valence-corrected chi connectivity index (χ4v) is 5.19. The Morgan fingerprint density at radius 2 is 1.88 bits per heavy atom. The standard InChI is InChI=1S/C24H30F2N6O2/c1-14-2-6-16(7-3-14)32-13-20(21(30-32)22(25)26)29-24(34)18-12-27-31-11-10-19(28-23(18)31)15-4-8-17(33)9-5-15/h10-17,22,33H,2-9H2,1H3,(H,29,34). The number of nitrogens with zero attached hydrogens (tertiary/aromatic N) is 5. The second kappa shape index (κ2) is 9.40. The summed E-state index contributed by atoms with van der Waals surface area (Å²) in [6.07, 6.45) is 8.58. The summed E-state index contributed by atoms with van der Waals surface area (Å²) in [5.74, 6) is 0.297. The van der Waals surface area contributed by atoms with E-state index in [-0.39, 0.29) is 29.3 Å². The van der Waals surface area contributed by atoms with E-state index in [1.807, 2.05) is 6.07 Å². The minimum atomic E-state index is -2.80. The van der Waals surface area contributed by atoms with E-state index >= 15 is 0 Å². The van der Waals surface area contributed by atoms with Crippen LogP contribution in [0, 0.1) is 5.92 Å². The monoisotopic (exact) mass is 472 g/mol. The second-order valence-electron chi connectivity index (χ2n) is 9.76. The lowest BCUT2D eigenvalue weighted by molar-refractivity contribution is 0.102. The van der Waals surface area contributed by atoms with Crippen LogP contribution in [-0.2, 0) is 0 Å². The number of halogens is 2. The van der Waals surface area contributed by atoms with E-state index in [2.05, 4.69) is 27.4 Å². The molecule has 2 aliphatic carbocycles. The predicted octanol–water partition coefficient (Wildman–Crippen LogP) is 4.89. The summed E-state index contributed by atoms with van der Waals surface area (Å²) in [5, 5.41) is 20.7. The van der Waals surface area contributed by atoms with Gasteiger partial charge in [0.15, 0.2) is 11.3 Å². The van der Waals surface area contributed by atoms with E-state index in [0.717, 1.165) is 57.1 Å². The summed E-state index contributed by atoms with van der Waals surface area (Å²) in [5.41, 5.74) is 1.06. The SMILES string of the molecule is CC1CCC(n2cc(NC(=O)c3cnn4ccc(C5CCC(O)CC5)nc34)c(C(F)F)n2)CC1. The molecule has 8 nitrogen and oxygen atoms in total. The van der Waals surface area contributed by atoms with Crippen molar-refractivity contribution < 1.29 is 18.7 Å². The van der Waals surface area contributed by atoms with Crippen molar-refractivity contribution in [3.05, 3.63) is 41.6 Å². The Morgan fingerprint density at radius 1 is 1.15 bits per heavy atom. The van der Waals surface area contributed by atoms with Crippen molar-refractivity contribution >= 4 is 17.2 Å². The van der Waals surface area contributed by atoms with Crippen LogP contribution in [0.25, 0.3) is 5.65 Å². The van der Waals surface area contributed by atoms with E-state index in [9.17, 15) is 18.7 Å². The van der Waals surface area contributed by atoms with Crippen LogP contribution in [-0.4, -0.2) is 41.5 Å². The number of hydrogen-bond acceptors (Lipinski definition) is 5. The molecule has 0 saturated heterocycles. The smallest absolute Gasteiger partial charge is 0.284 e. The maximum Gasteiger partial charge on any atom is 0.284 e. The summed E-state index contributed by atoms with van der Waals surface area (Å²) in [7, 11) is 0. The number of aliphatic hydroxyl groups is 1. The van der Waals surface area contributed by atoms with Gasteiger partial charge in [-0.3, -0.25) is 9.48 Å². The average molecular weight is 473 g/mol. The van der Waals surface area contributed by atoms with Gasteiger partial charge in [-0.1, -0.05) is 6.92 Å². The van der Waals surface area contributed by atoms with Crippen molar-refractivity contribution in [2.24, 2.45) is 5.92 Å². The van der Waals surface area contributed by atoms with Crippen LogP contribution in [0.4, 0.5) is 14.5 Å². The van der Waals surface area contributed by atoms with Crippen LogP contribution in [0.1, 0.15) is 98.4 Å². The molecule has 2 N–H and O–H groups in total. The molecule has 1 amide bonds. The Balaban J connectivity index is 1.38. The fraction of sp³-hybridized carbons (Fsp3) is 0.583. The highest BCUT2D eigenvalue weighted by molar-refractivity contribution is 6.08. The van der Waals surface area contributed by atoms with E-state index in [0.29, 0.717) is 11.6 Å². The van der Waals surface area contributed by atoms with Gasteiger partial charge in [0.2, 0.25) is 0 Å². The lowest BCUT2D eigenvalue weighted by atomic mass is 9.85. The average Bonchev–Trinajstić information content (AvgIpc) is 3.44. The largest absolute Gasteiger partial charge is 0.393 e. The molecule has 0 bridgehead atoms. The molecule has 182 valence electrons. The van der Waals surface area contributed by atoms with E-state index in [1.165, 1.54) is 16.9 Å². The Kier molecular flexibility index (Phi) is 6.33. The van der Waals surface area contributed by atoms with Crippen LogP contribution in [0.2, 0.25) is 0 Å². The zero-order chi connectivity index (χ0) is 23.8. The summed E-state index contributed by atoms with van der Waals surface area (Å²) >= 11 is 0. The molecule has 3 aromatic rings. The third kappa shape index (κ3) is 4.55. The third-order valence-electron chi connectivity index (χ3n) is 7.33. The van der Waals surface area contributed by atoms with Gasteiger partial charge in [0.05, 0.1) is 24.0 Å². The normalized spacial score (nSPS) is 25.7. The Labute approximate surface area is 196 Å². The molecule has 3 aromatic heterocycles. The molecule has 0 radical (unpaired) electrons. The molecular weight excluding hydrogens is 442 g/mol. The molecule has 0 unspecified atom stereocenters. The molecule has 5 rings (SSSR count). The Morgan fingerprint density at radius 3 is 2.59 bits per heavy atom. The van der Waals surface area contributed by atoms with Gasteiger partial charge in [-0.05, 0) is 63.4 Å². The highest BCUT2D eigenvalue weighted by Crippen LogP contribution is 2.35. The third-order valence-corrected chi connectivity index (χ3v) is 7.33. The van der Waals surface area contributed by atoms with Gasteiger partial charge >= 0.3 is 0 Å². The van der Waals surface area contributed by atoms with Crippen molar-refractivity contribution in [2.45, 2.75) is 82.8 Å². The molecule has 0 aliphatic heterocycles. The van der Waals surface area contributed by atoms with Gasteiger partial charge in [-0.15, -0.1) is 0 Å². The molecule has 34 heavy (non-hydrogen) atoms. The summed E-state index contributed by atoms with van der Waals surface area (Å²) in [4.78, 5) is 17.8. The number of aromatic nitrogens is 5. The van der Waals surface area contributed by atoms with Crippen LogP contribution in [0.5, 0.6) is 0 Å². The molecular formula is C24H30F2N6O2. The van der Waals surface area contributed by atoms with E-state index in [4.69, 9.17) is 0 Å². The molecule has 0 spiro atoms. The Bertz CT molecular complexity index is 1160. The van der Waals surface area contributed by atoms with Gasteiger partial charge in [-0.2, -0.15) is 10.2 Å².